The van der Waals surface area contributed by atoms with Gasteiger partial charge in [0.25, 0.3) is 0 Å². The largest absolute Gasteiger partial charge is 0.469 e. The molecule has 1 aromatic heterocycles. The highest BCUT2D eigenvalue weighted by molar-refractivity contribution is 5.30. The monoisotopic (exact) mass is 344 g/mol. The fourth-order valence-electron chi connectivity index (χ4n) is 3.10. The van der Waals surface area contributed by atoms with E-state index in [0.717, 1.165) is 17.9 Å². The third kappa shape index (κ3) is 6.58. The van der Waals surface area contributed by atoms with Crippen molar-refractivity contribution in [2.75, 3.05) is 6.61 Å². The zero-order valence-electron chi connectivity index (χ0n) is 16.2. The van der Waals surface area contributed by atoms with Gasteiger partial charge >= 0.3 is 0 Å². The van der Waals surface area contributed by atoms with Gasteiger partial charge in [-0.05, 0) is 60.9 Å². The Morgan fingerprint density at radius 2 is 1.68 bits per heavy atom. The van der Waals surface area contributed by atoms with Crippen LogP contribution in [0.4, 0.5) is 0 Å². The molecule has 0 spiro atoms. The molecular weight excluding hydrogens is 312 g/mol. The van der Waals surface area contributed by atoms with Gasteiger partial charge in [0, 0.05) is 6.42 Å². The van der Waals surface area contributed by atoms with Crippen molar-refractivity contribution in [1.29, 1.82) is 0 Å². The van der Waals surface area contributed by atoms with Crippen LogP contribution >= 0.6 is 0 Å². The van der Waals surface area contributed by atoms with Crippen LogP contribution in [0.25, 0.3) is 0 Å². The van der Waals surface area contributed by atoms with Gasteiger partial charge in [-0.25, -0.2) is 0 Å². The molecule has 0 bridgehead atoms. The summed E-state index contributed by atoms with van der Waals surface area (Å²) in [5.74, 6) is 3.71. The molecule has 3 heteroatoms. The Kier molecular flexibility index (Phi) is 7.57. The lowest BCUT2D eigenvalue weighted by atomic mass is 9.82. The molecule has 2 rings (SSSR count). The lowest BCUT2D eigenvalue weighted by Gasteiger charge is -2.24. The van der Waals surface area contributed by atoms with Gasteiger partial charge in [0.1, 0.15) is 11.5 Å². The molecule has 0 fully saturated rings. The van der Waals surface area contributed by atoms with E-state index in [-0.39, 0.29) is 6.29 Å². The van der Waals surface area contributed by atoms with Crippen LogP contribution in [0, 0.1) is 11.8 Å². The minimum Gasteiger partial charge on any atom is -0.469 e. The number of furan rings is 1. The highest BCUT2D eigenvalue weighted by atomic mass is 16.7. The van der Waals surface area contributed by atoms with Crippen LogP contribution in [0.5, 0.6) is 5.75 Å². The minimum atomic E-state index is -0.280. The van der Waals surface area contributed by atoms with E-state index >= 15 is 0 Å². The summed E-state index contributed by atoms with van der Waals surface area (Å²) in [6.07, 6.45) is 3.37. The Labute approximate surface area is 152 Å². The van der Waals surface area contributed by atoms with Crippen LogP contribution in [-0.4, -0.2) is 12.9 Å². The Balaban J connectivity index is 1.84. The first kappa shape index (κ1) is 19.6. The molecule has 25 heavy (non-hydrogen) atoms. The second-order valence-corrected chi connectivity index (χ2v) is 7.43. The average Bonchev–Trinajstić information content (AvgIpc) is 3.06. The molecule has 0 aliphatic heterocycles. The number of benzene rings is 1. The van der Waals surface area contributed by atoms with Gasteiger partial charge in [-0.2, -0.15) is 0 Å². The number of hydrogen-bond donors (Lipinski definition) is 0. The average molecular weight is 344 g/mol. The molecule has 2 atom stereocenters. The SMILES string of the molecule is CC(C)CC(c1ccc(OC(C)OCCc2ccco2)cc1)C(C)C. The van der Waals surface area contributed by atoms with Crippen LogP contribution in [0.15, 0.2) is 47.1 Å². The second-order valence-electron chi connectivity index (χ2n) is 7.43. The van der Waals surface area contributed by atoms with Crippen LogP contribution in [0.1, 0.15) is 58.3 Å². The van der Waals surface area contributed by atoms with E-state index in [4.69, 9.17) is 13.9 Å². The fourth-order valence-corrected chi connectivity index (χ4v) is 3.10. The van der Waals surface area contributed by atoms with E-state index in [9.17, 15) is 0 Å². The molecule has 0 saturated carbocycles. The van der Waals surface area contributed by atoms with Crippen molar-refractivity contribution in [1.82, 2.24) is 0 Å². The predicted molar refractivity (Wildman–Crippen MR) is 102 cm³/mol. The standard InChI is InChI=1S/C22H32O3/c1-16(2)15-22(17(3)4)19-8-10-21(11-9-19)25-18(5)23-14-12-20-7-6-13-24-20/h6-11,13,16-18,22H,12,14-15H2,1-5H3. The zero-order valence-corrected chi connectivity index (χ0v) is 16.2. The van der Waals surface area contributed by atoms with Gasteiger partial charge in [0.2, 0.25) is 0 Å². The van der Waals surface area contributed by atoms with Crippen molar-refractivity contribution < 1.29 is 13.9 Å². The number of ether oxygens (including phenoxy) is 2. The van der Waals surface area contributed by atoms with Crippen molar-refractivity contribution in [2.45, 2.75) is 59.7 Å². The maximum absolute atomic E-state index is 5.86. The Hall–Kier alpha value is -1.74. The topological polar surface area (TPSA) is 31.6 Å². The zero-order chi connectivity index (χ0) is 18.2. The van der Waals surface area contributed by atoms with Crippen LogP contribution in [0.3, 0.4) is 0 Å². The molecular formula is C22H32O3. The lowest BCUT2D eigenvalue weighted by molar-refractivity contribution is -0.0662. The summed E-state index contributed by atoms with van der Waals surface area (Å²) in [7, 11) is 0. The molecule has 2 unspecified atom stereocenters. The fraction of sp³-hybridized carbons (Fsp3) is 0.545. The molecule has 0 radical (unpaired) electrons. The first-order chi connectivity index (χ1) is 12.0. The third-order valence-corrected chi connectivity index (χ3v) is 4.42. The first-order valence-electron chi connectivity index (χ1n) is 9.36. The summed E-state index contributed by atoms with van der Waals surface area (Å²) < 4.78 is 16.9. The highest BCUT2D eigenvalue weighted by Gasteiger charge is 2.17. The Bertz CT molecular complexity index is 584. The second kappa shape index (κ2) is 9.67. The normalized spacial score (nSPS) is 14.0. The summed E-state index contributed by atoms with van der Waals surface area (Å²) in [4.78, 5) is 0. The molecule has 1 heterocycles. The quantitative estimate of drug-likeness (QED) is 0.492. The lowest BCUT2D eigenvalue weighted by Crippen LogP contribution is -2.18. The van der Waals surface area contributed by atoms with E-state index < -0.39 is 0 Å². The Morgan fingerprint density at radius 3 is 2.24 bits per heavy atom. The molecule has 0 aliphatic rings. The number of hydrogen-bond acceptors (Lipinski definition) is 3. The van der Waals surface area contributed by atoms with Gasteiger partial charge < -0.3 is 13.9 Å². The van der Waals surface area contributed by atoms with E-state index in [1.807, 2.05) is 19.1 Å². The van der Waals surface area contributed by atoms with Gasteiger partial charge in [-0.1, -0.05) is 39.8 Å². The summed E-state index contributed by atoms with van der Waals surface area (Å²) in [5, 5.41) is 0. The summed E-state index contributed by atoms with van der Waals surface area (Å²) in [6.45, 7) is 11.7. The maximum atomic E-state index is 5.86. The van der Waals surface area contributed by atoms with E-state index in [0.29, 0.717) is 24.4 Å². The molecule has 0 aliphatic carbocycles. The minimum absolute atomic E-state index is 0.280. The summed E-state index contributed by atoms with van der Waals surface area (Å²) in [6, 6.07) is 12.3. The van der Waals surface area contributed by atoms with Gasteiger partial charge in [0.05, 0.1) is 12.9 Å². The predicted octanol–water partition coefficient (Wildman–Crippen LogP) is 6.05. The molecule has 0 saturated heterocycles. The van der Waals surface area contributed by atoms with Crippen molar-refractivity contribution in [2.24, 2.45) is 11.8 Å². The number of rotatable bonds is 10. The highest BCUT2D eigenvalue weighted by Crippen LogP contribution is 2.32. The van der Waals surface area contributed by atoms with Crippen LogP contribution in [0.2, 0.25) is 0 Å². The molecule has 138 valence electrons. The van der Waals surface area contributed by atoms with Gasteiger partial charge in [0.15, 0.2) is 6.29 Å². The van der Waals surface area contributed by atoms with Gasteiger partial charge in [-0.15, -0.1) is 0 Å². The molecule has 1 aromatic carbocycles. The van der Waals surface area contributed by atoms with Crippen LogP contribution in [-0.2, 0) is 11.2 Å². The van der Waals surface area contributed by atoms with Crippen molar-refractivity contribution >= 4 is 0 Å². The third-order valence-electron chi connectivity index (χ3n) is 4.42. The first-order valence-corrected chi connectivity index (χ1v) is 9.36. The summed E-state index contributed by atoms with van der Waals surface area (Å²) in [5.41, 5.74) is 1.39. The van der Waals surface area contributed by atoms with Crippen LogP contribution < -0.4 is 4.74 Å². The summed E-state index contributed by atoms with van der Waals surface area (Å²) >= 11 is 0. The molecule has 0 amide bonds. The smallest absolute Gasteiger partial charge is 0.196 e. The van der Waals surface area contributed by atoms with Crippen molar-refractivity contribution in [3.05, 3.63) is 54.0 Å². The maximum Gasteiger partial charge on any atom is 0.196 e. The van der Waals surface area contributed by atoms with E-state index in [2.05, 4.69) is 52.0 Å². The molecule has 3 nitrogen and oxygen atoms in total. The molecule has 2 aromatic rings. The van der Waals surface area contributed by atoms with Crippen molar-refractivity contribution in [3.63, 3.8) is 0 Å². The van der Waals surface area contributed by atoms with E-state index in [1.165, 1.54) is 12.0 Å². The van der Waals surface area contributed by atoms with Gasteiger partial charge in [-0.3, -0.25) is 0 Å². The molecule has 0 N–H and O–H groups in total. The van der Waals surface area contributed by atoms with E-state index in [1.54, 1.807) is 6.26 Å². The van der Waals surface area contributed by atoms with Crippen molar-refractivity contribution in [3.8, 4) is 5.75 Å². The Morgan fingerprint density at radius 1 is 0.960 bits per heavy atom.